The molecule has 0 aliphatic carbocycles. The Kier molecular flexibility index (Phi) is 3.62. The van der Waals surface area contributed by atoms with Crippen molar-refractivity contribution in [2.75, 3.05) is 7.11 Å². The third kappa shape index (κ3) is 2.68. The monoisotopic (exact) mass is 246 g/mol. The number of methoxy groups -OCH3 is 1. The van der Waals surface area contributed by atoms with Gasteiger partial charge in [-0.25, -0.2) is 0 Å². The molecule has 1 atom stereocenters. The van der Waals surface area contributed by atoms with Crippen molar-refractivity contribution in [3.8, 4) is 5.88 Å². The minimum absolute atomic E-state index is 0.102. The number of rotatable bonds is 4. The fraction of sp³-hybridized carbons (Fsp3) is 0.231. The molecule has 1 N–H and O–H groups in total. The van der Waals surface area contributed by atoms with Crippen molar-refractivity contribution in [2.24, 2.45) is 0 Å². The number of amides is 1. The van der Waals surface area contributed by atoms with Crippen molar-refractivity contribution in [3.63, 3.8) is 0 Å². The van der Waals surface area contributed by atoms with Crippen molar-refractivity contribution >= 4 is 5.91 Å². The number of carbonyl (C=O) groups excluding carboxylic acids is 1. The molecule has 94 valence electrons. The Bertz CT molecular complexity index is 522. The lowest BCUT2D eigenvalue weighted by Crippen LogP contribution is -2.26. The summed E-state index contributed by atoms with van der Waals surface area (Å²) in [5, 5.41) is 6.40. The third-order valence-corrected chi connectivity index (χ3v) is 2.57. The van der Waals surface area contributed by atoms with Crippen LogP contribution in [0, 0.1) is 0 Å². The molecular weight excluding hydrogens is 232 g/mol. The Labute approximate surface area is 105 Å². The van der Waals surface area contributed by atoms with E-state index in [2.05, 4.69) is 10.5 Å². The maximum atomic E-state index is 11.9. The lowest BCUT2D eigenvalue weighted by Gasteiger charge is -2.12. The van der Waals surface area contributed by atoms with Crippen molar-refractivity contribution in [2.45, 2.75) is 13.0 Å². The number of ether oxygens (including phenoxy) is 1. The molecular formula is C13H14N2O3. The second-order valence-corrected chi connectivity index (χ2v) is 3.84. The molecule has 0 fully saturated rings. The average molecular weight is 246 g/mol. The second-order valence-electron chi connectivity index (χ2n) is 3.84. The van der Waals surface area contributed by atoms with Crippen molar-refractivity contribution in [1.82, 2.24) is 10.5 Å². The highest BCUT2D eigenvalue weighted by molar-refractivity contribution is 5.91. The Morgan fingerprint density at radius 3 is 2.72 bits per heavy atom. The van der Waals surface area contributed by atoms with Gasteiger partial charge >= 0.3 is 0 Å². The summed E-state index contributed by atoms with van der Waals surface area (Å²) in [7, 11) is 1.46. The molecule has 1 aromatic heterocycles. The molecule has 0 spiro atoms. The van der Waals surface area contributed by atoms with Gasteiger partial charge in [-0.05, 0) is 17.6 Å². The Morgan fingerprint density at radius 2 is 2.11 bits per heavy atom. The van der Waals surface area contributed by atoms with E-state index in [1.165, 1.54) is 13.2 Å². The molecule has 0 bridgehead atoms. The first-order chi connectivity index (χ1) is 8.70. The molecule has 0 radical (unpaired) electrons. The molecule has 0 aliphatic heterocycles. The lowest BCUT2D eigenvalue weighted by atomic mass is 10.1. The summed E-state index contributed by atoms with van der Waals surface area (Å²) >= 11 is 0. The summed E-state index contributed by atoms with van der Waals surface area (Å²) < 4.78 is 9.72. The van der Waals surface area contributed by atoms with Gasteiger partial charge in [0.05, 0.1) is 19.2 Å². The predicted octanol–water partition coefficient (Wildman–Crippen LogP) is 2.17. The Balaban J connectivity index is 2.03. The van der Waals surface area contributed by atoms with Gasteiger partial charge in [-0.15, -0.1) is 0 Å². The number of hydrogen-bond acceptors (Lipinski definition) is 4. The molecule has 5 heteroatoms. The van der Waals surface area contributed by atoms with Crippen molar-refractivity contribution in [1.29, 1.82) is 0 Å². The van der Waals surface area contributed by atoms with E-state index in [4.69, 9.17) is 9.26 Å². The minimum Gasteiger partial charge on any atom is -0.479 e. The van der Waals surface area contributed by atoms with E-state index in [9.17, 15) is 4.79 Å². The van der Waals surface area contributed by atoms with E-state index in [1.54, 1.807) is 0 Å². The van der Waals surface area contributed by atoms with Crippen LogP contribution < -0.4 is 10.1 Å². The Hall–Kier alpha value is -2.30. The van der Waals surface area contributed by atoms with Gasteiger partial charge in [0.1, 0.15) is 0 Å². The van der Waals surface area contributed by atoms with Crippen LogP contribution in [0.4, 0.5) is 0 Å². The highest BCUT2D eigenvalue weighted by Crippen LogP contribution is 2.14. The SMILES string of the molecule is COc1cc(C(=O)NC(C)c2ccccc2)on1. The molecule has 2 rings (SSSR count). The average Bonchev–Trinajstić information content (AvgIpc) is 2.88. The van der Waals surface area contributed by atoms with Gasteiger partial charge in [0.15, 0.2) is 0 Å². The fourth-order valence-corrected chi connectivity index (χ4v) is 1.56. The van der Waals surface area contributed by atoms with Gasteiger partial charge in [0, 0.05) is 0 Å². The van der Waals surface area contributed by atoms with Gasteiger partial charge in [-0.2, -0.15) is 0 Å². The molecule has 0 saturated carbocycles. The van der Waals surface area contributed by atoms with Crippen molar-refractivity contribution in [3.05, 3.63) is 47.7 Å². The number of hydrogen-bond donors (Lipinski definition) is 1. The highest BCUT2D eigenvalue weighted by atomic mass is 16.5. The number of aromatic nitrogens is 1. The van der Waals surface area contributed by atoms with Crippen LogP contribution in [0.3, 0.4) is 0 Å². The van der Waals surface area contributed by atoms with Crippen LogP contribution in [0.1, 0.15) is 29.1 Å². The van der Waals surface area contributed by atoms with Crippen LogP contribution in [0.5, 0.6) is 5.88 Å². The maximum Gasteiger partial charge on any atom is 0.290 e. The first-order valence-corrected chi connectivity index (χ1v) is 5.57. The first kappa shape index (κ1) is 12.2. The minimum atomic E-state index is -0.317. The fourth-order valence-electron chi connectivity index (χ4n) is 1.56. The first-order valence-electron chi connectivity index (χ1n) is 5.57. The summed E-state index contributed by atoms with van der Waals surface area (Å²) in [6, 6.07) is 11.0. The van der Waals surface area contributed by atoms with Gasteiger partial charge in [0.25, 0.3) is 11.8 Å². The smallest absolute Gasteiger partial charge is 0.290 e. The van der Waals surface area contributed by atoms with Crippen molar-refractivity contribution < 1.29 is 14.1 Å². The number of benzene rings is 1. The topological polar surface area (TPSA) is 64.4 Å². The van der Waals surface area contributed by atoms with Crippen LogP contribution in [0.15, 0.2) is 40.9 Å². The molecule has 1 aromatic carbocycles. The zero-order valence-electron chi connectivity index (χ0n) is 10.2. The van der Waals surface area contributed by atoms with E-state index in [0.29, 0.717) is 0 Å². The van der Waals surface area contributed by atoms with Gasteiger partial charge in [0.2, 0.25) is 5.76 Å². The predicted molar refractivity (Wildman–Crippen MR) is 65.4 cm³/mol. The van der Waals surface area contributed by atoms with E-state index >= 15 is 0 Å². The summed E-state index contributed by atoms with van der Waals surface area (Å²) in [4.78, 5) is 11.9. The molecule has 18 heavy (non-hydrogen) atoms. The standard InChI is InChI=1S/C13H14N2O3/c1-9(10-6-4-3-5-7-10)14-13(16)11-8-12(17-2)15-18-11/h3-9H,1-2H3,(H,14,16). The molecule has 1 amide bonds. The lowest BCUT2D eigenvalue weighted by molar-refractivity contribution is 0.0902. The molecule has 0 saturated heterocycles. The zero-order chi connectivity index (χ0) is 13.0. The van der Waals surface area contributed by atoms with E-state index < -0.39 is 0 Å². The van der Waals surface area contributed by atoms with Gasteiger partial charge < -0.3 is 14.6 Å². The molecule has 1 unspecified atom stereocenters. The molecule has 0 aliphatic rings. The number of nitrogens with one attached hydrogen (secondary N) is 1. The molecule has 2 aromatic rings. The molecule has 5 nitrogen and oxygen atoms in total. The van der Waals surface area contributed by atoms with Crippen LogP contribution in [0.2, 0.25) is 0 Å². The number of carbonyl (C=O) groups is 1. The quantitative estimate of drug-likeness (QED) is 0.898. The normalized spacial score (nSPS) is 11.9. The van der Waals surface area contributed by atoms with Crippen LogP contribution >= 0.6 is 0 Å². The van der Waals surface area contributed by atoms with Gasteiger partial charge in [-0.1, -0.05) is 30.3 Å². The Morgan fingerprint density at radius 1 is 1.39 bits per heavy atom. The molecule has 1 heterocycles. The van der Waals surface area contributed by atoms with E-state index in [1.807, 2.05) is 37.3 Å². The maximum absolute atomic E-state index is 11.9. The largest absolute Gasteiger partial charge is 0.479 e. The van der Waals surface area contributed by atoms with Crippen LogP contribution in [-0.4, -0.2) is 18.2 Å². The van der Waals surface area contributed by atoms with Crippen LogP contribution in [-0.2, 0) is 0 Å². The van der Waals surface area contributed by atoms with Crippen LogP contribution in [0.25, 0.3) is 0 Å². The second kappa shape index (κ2) is 5.35. The summed E-state index contributed by atoms with van der Waals surface area (Å²) in [6.07, 6.45) is 0. The zero-order valence-corrected chi connectivity index (χ0v) is 10.2. The summed E-state index contributed by atoms with van der Waals surface area (Å²) in [6.45, 7) is 1.90. The van der Waals surface area contributed by atoms with E-state index in [0.717, 1.165) is 5.56 Å². The summed E-state index contributed by atoms with van der Waals surface area (Å²) in [5.41, 5.74) is 1.03. The number of nitrogens with zero attached hydrogens (tertiary/aromatic N) is 1. The van der Waals surface area contributed by atoms with E-state index in [-0.39, 0.29) is 23.6 Å². The summed E-state index contributed by atoms with van der Waals surface area (Å²) in [5.74, 6) is 0.101. The van der Waals surface area contributed by atoms with Gasteiger partial charge in [-0.3, -0.25) is 4.79 Å². The third-order valence-electron chi connectivity index (χ3n) is 2.57. The highest BCUT2D eigenvalue weighted by Gasteiger charge is 2.16.